The molecule has 0 aliphatic carbocycles. The Kier molecular flexibility index (Phi) is 9.11. The molecule has 0 N–H and O–H groups in total. The van der Waals surface area contributed by atoms with Crippen molar-refractivity contribution in [2.75, 3.05) is 14.2 Å². The molecule has 0 bridgehead atoms. The van der Waals surface area contributed by atoms with Crippen LogP contribution in [-0.2, 0) is 24.7 Å². The van der Waals surface area contributed by atoms with Gasteiger partial charge >= 0.3 is 0 Å². The summed E-state index contributed by atoms with van der Waals surface area (Å²) in [5.41, 5.74) is 2.99. The smallest absolute Gasteiger partial charge is 0.285 e. The van der Waals surface area contributed by atoms with Gasteiger partial charge in [-0.05, 0) is 53.6 Å². The molecule has 5 aromatic rings. The highest BCUT2D eigenvalue weighted by Crippen LogP contribution is 2.47. The Balaban J connectivity index is 1.24. The van der Waals surface area contributed by atoms with Crippen molar-refractivity contribution in [2.24, 2.45) is 0 Å². The second-order valence-corrected chi connectivity index (χ2v) is 10.8. The van der Waals surface area contributed by atoms with Gasteiger partial charge in [-0.3, -0.25) is 14.4 Å². The van der Waals surface area contributed by atoms with Gasteiger partial charge in [0, 0.05) is 11.6 Å². The summed E-state index contributed by atoms with van der Waals surface area (Å²) >= 11 is 13.7. The largest absolute Gasteiger partial charge is 0.497 e. The molecule has 0 saturated carbocycles. The molecule has 10 nitrogen and oxygen atoms in total. The number of imide groups is 1. The summed E-state index contributed by atoms with van der Waals surface area (Å²) in [7, 11) is 3.19. The van der Waals surface area contributed by atoms with E-state index >= 15 is 0 Å². The van der Waals surface area contributed by atoms with E-state index in [4.69, 9.17) is 51.5 Å². The number of carbonyl (C=O) groups is 2. The Labute approximate surface area is 273 Å². The summed E-state index contributed by atoms with van der Waals surface area (Å²) in [6, 6.07) is 24.5. The second-order valence-electron chi connectivity index (χ2n) is 10.1. The van der Waals surface area contributed by atoms with Crippen molar-refractivity contribution in [3.05, 3.63) is 123 Å². The van der Waals surface area contributed by atoms with Crippen LogP contribution in [0.25, 0.3) is 11.3 Å². The summed E-state index contributed by atoms with van der Waals surface area (Å²) in [6.07, 6.45) is 0. The number of fused-ring (bicyclic) bond motifs is 1. The number of rotatable bonds is 12. The van der Waals surface area contributed by atoms with Crippen LogP contribution in [0.5, 0.6) is 23.0 Å². The fraction of sp³-hybridized carbons (Fsp3) is 0.147. The first-order valence-corrected chi connectivity index (χ1v) is 14.7. The van der Waals surface area contributed by atoms with E-state index in [1.165, 1.54) is 0 Å². The molecule has 1 aliphatic rings. The SMILES string of the molecule is COc1ccc(COc2c(Cl)cc(-c3cc(CON4C(=O)c5ccccc5C4=O)on3)c(Cl)c2OCc2ccc(OC)cc2)cc1. The quantitative estimate of drug-likeness (QED) is 0.125. The molecule has 2 heterocycles. The highest BCUT2D eigenvalue weighted by atomic mass is 35.5. The highest BCUT2D eigenvalue weighted by Gasteiger charge is 2.36. The minimum absolute atomic E-state index is 0.153. The van der Waals surface area contributed by atoms with Gasteiger partial charge in [-0.2, -0.15) is 0 Å². The third-order valence-electron chi connectivity index (χ3n) is 7.14. The lowest BCUT2D eigenvalue weighted by Gasteiger charge is -2.18. The van der Waals surface area contributed by atoms with Gasteiger partial charge in [0.2, 0.25) is 0 Å². The molecule has 0 atom stereocenters. The van der Waals surface area contributed by atoms with Crippen LogP contribution in [0.2, 0.25) is 10.0 Å². The molecule has 0 spiro atoms. The van der Waals surface area contributed by atoms with E-state index in [-0.39, 0.29) is 58.3 Å². The summed E-state index contributed by atoms with van der Waals surface area (Å²) in [6.45, 7) is 0.0931. The van der Waals surface area contributed by atoms with Crippen LogP contribution in [0.3, 0.4) is 0 Å². The van der Waals surface area contributed by atoms with Gasteiger partial charge in [0.05, 0.1) is 35.4 Å². The van der Waals surface area contributed by atoms with Crippen molar-refractivity contribution in [1.29, 1.82) is 0 Å². The molecule has 1 aliphatic heterocycles. The number of nitrogens with zero attached hydrogens (tertiary/aromatic N) is 2. The van der Waals surface area contributed by atoms with Crippen LogP contribution in [0, 0.1) is 0 Å². The number of amides is 2. The number of ether oxygens (including phenoxy) is 4. The molecule has 234 valence electrons. The minimum Gasteiger partial charge on any atom is -0.497 e. The van der Waals surface area contributed by atoms with Gasteiger partial charge in [0.15, 0.2) is 17.3 Å². The zero-order valence-corrected chi connectivity index (χ0v) is 26.1. The van der Waals surface area contributed by atoms with E-state index in [2.05, 4.69) is 5.16 Å². The molecule has 0 saturated heterocycles. The van der Waals surface area contributed by atoms with Crippen LogP contribution in [-0.4, -0.2) is 36.3 Å². The number of benzene rings is 4. The van der Waals surface area contributed by atoms with E-state index in [1.807, 2.05) is 48.5 Å². The molecule has 4 aromatic carbocycles. The molecular formula is C34H26Cl2N2O8. The summed E-state index contributed by atoms with van der Waals surface area (Å²) in [5.74, 6) is 1.01. The molecule has 0 radical (unpaired) electrons. The van der Waals surface area contributed by atoms with Crippen molar-refractivity contribution in [3.63, 3.8) is 0 Å². The maximum Gasteiger partial charge on any atom is 0.285 e. The van der Waals surface area contributed by atoms with E-state index < -0.39 is 11.8 Å². The number of aromatic nitrogens is 1. The third kappa shape index (κ3) is 6.36. The number of hydrogen-bond donors (Lipinski definition) is 0. The second kappa shape index (κ2) is 13.5. The lowest BCUT2D eigenvalue weighted by Crippen LogP contribution is -2.29. The van der Waals surface area contributed by atoms with Gasteiger partial charge in [-0.15, -0.1) is 5.06 Å². The van der Waals surface area contributed by atoms with Crippen molar-refractivity contribution in [1.82, 2.24) is 10.2 Å². The van der Waals surface area contributed by atoms with Crippen molar-refractivity contribution < 1.29 is 37.9 Å². The van der Waals surface area contributed by atoms with Gasteiger partial charge in [-0.1, -0.05) is 64.8 Å². The number of hydrogen-bond acceptors (Lipinski definition) is 9. The first-order chi connectivity index (χ1) is 22.4. The van der Waals surface area contributed by atoms with Crippen LogP contribution < -0.4 is 18.9 Å². The first kappa shape index (κ1) is 31.0. The third-order valence-corrected chi connectivity index (χ3v) is 7.80. The minimum atomic E-state index is -0.556. The monoisotopic (exact) mass is 660 g/mol. The number of halogens is 2. The van der Waals surface area contributed by atoms with Crippen molar-refractivity contribution >= 4 is 35.0 Å². The number of methoxy groups -OCH3 is 2. The van der Waals surface area contributed by atoms with Crippen molar-refractivity contribution in [3.8, 4) is 34.3 Å². The summed E-state index contributed by atoms with van der Waals surface area (Å²) < 4.78 is 28.3. The average molecular weight is 661 g/mol. The number of hydroxylamine groups is 2. The van der Waals surface area contributed by atoms with E-state index in [0.29, 0.717) is 22.1 Å². The predicted octanol–water partition coefficient (Wildman–Crippen LogP) is 7.55. The molecule has 0 unspecified atom stereocenters. The van der Waals surface area contributed by atoms with E-state index in [0.717, 1.165) is 16.9 Å². The molecule has 1 aromatic heterocycles. The Bertz CT molecular complexity index is 1860. The first-order valence-electron chi connectivity index (χ1n) is 14.0. The van der Waals surface area contributed by atoms with E-state index in [9.17, 15) is 9.59 Å². The molecule has 6 rings (SSSR count). The fourth-order valence-electron chi connectivity index (χ4n) is 4.71. The number of carbonyl (C=O) groups excluding carboxylic acids is 2. The maximum absolute atomic E-state index is 12.6. The lowest BCUT2D eigenvalue weighted by molar-refractivity contribution is -0.106. The molecule has 0 fully saturated rings. The molecule has 2 amide bonds. The highest BCUT2D eigenvalue weighted by molar-refractivity contribution is 6.38. The standard InChI is InChI=1S/C34H26Cl2N2O8/c1-41-22-11-7-20(8-12-22)17-43-31-28(35)16-27(30(36)32(31)44-18-21-9-13-23(42-2)14-10-21)29-15-24(46-37-29)19-45-38-33(39)25-5-3-4-6-26(25)34(38)40/h3-16H,17-19H2,1-2H3. The zero-order chi connectivity index (χ0) is 32.2. The fourth-order valence-corrected chi connectivity index (χ4v) is 5.25. The summed E-state index contributed by atoms with van der Waals surface area (Å²) in [5, 5.41) is 5.24. The van der Waals surface area contributed by atoms with E-state index in [1.54, 1.807) is 50.6 Å². The Hall–Kier alpha value is -5.03. The van der Waals surface area contributed by atoms with Crippen LogP contribution in [0.15, 0.2) is 89.5 Å². The predicted molar refractivity (Wildman–Crippen MR) is 168 cm³/mol. The normalized spacial score (nSPS) is 12.3. The Morgan fingerprint density at radius 3 is 1.78 bits per heavy atom. The molecule has 46 heavy (non-hydrogen) atoms. The lowest BCUT2D eigenvalue weighted by atomic mass is 10.1. The Morgan fingerprint density at radius 2 is 1.24 bits per heavy atom. The topological polar surface area (TPSA) is 110 Å². The van der Waals surface area contributed by atoms with Gasteiger partial charge in [0.25, 0.3) is 11.8 Å². The van der Waals surface area contributed by atoms with Crippen LogP contribution in [0.1, 0.15) is 37.6 Å². The van der Waals surface area contributed by atoms with Crippen LogP contribution in [0.4, 0.5) is 0 Å². The van der Waals surface area contributed by atoms with Crippen LogP contribution >= 0.6 is 23.2 Å². The maximum atomic E-state index is 12.6. The molecule has 12 heteroatoms. The average Bonchev–Trinajstić information content (AvgIpc) is 3.65. The molecular weight excluding hydrogens is 635 g/mol. The summed E-state index contributed by atoms with van der Waals surface area (Å²) in [4.78, 5) is 30.8. The van der Waals surface area contributed by atoms with Gasteiger partial charge in [-0.25, -0.2) is 0 Å². The van der Waals surface area contributed by atoms with Gasteiger partial charge in [0.1, 0.15) is 37.0 Å². The van der Waals surface area contributed by atoms with Gasteiger partial charge < -0.3 is 23.5 Å². The Morgan fingerprint density at radius 1 is 0.696 bits per heavy atom. The zero-order valence-electron chi connectivity index (χ0n) is 24.6. The van der Waals surface area contributed by atoms with Crippen molar-refractivity contribution in [2.45, 2.75) is 19.8 Å².